The lowest BCUT2D eigenvalue weighted by Gasteiger charge is -2.26. The zero-order valence-electron chi connectivity index (χ0n) is 18.0. The first-order valence-electron chi connectivity index (χ1n) is 10.2. The maximum atomic E-state index is 12.5. The molecule has 0 spiro atoms. The van der Waals surface area contributed by atoms with Crippen LogP contribution in [0.5, 0.6) is 0 Å². The van der Waals surface area contributed by atoms with Crippen molar-refractivity contribution in [3.8, 4) is 0 Å². The van der Waals surface area contributed by atoms with E-state index in [9.17, 15) is 4.79 Å². The standard InChI is InChI=1S/C20H33N7OS/c1-5-18-24-23-16-27(18)13-12-22-20(21-11-10-17-9-8-14-29-17)25(4)15-19(28)26(6-2)7-3/h8-9,14,16H,5-7,10-13,15H2,1-4H3,(H,21,22). The maximum absolute atomic E-state index is 12.5. The number of likely N-dealkylation sites (N-methyl/N-ethyl adjacent to an activating group) is 2. The molecule has 0 aliphatic heterocycles. The molecule has 0 saturated heterocycles. The van der Waals surface area contributed by atoms with E-state index in [2.05, 4.69) is 40.0 Å². The summed E-state index contributed by atoms with van der Waals surface area (Å²) < 4.78 is 2.04. The number of nitrogens with zero attached hydrogens (tertiary/aromatic N) is 6. The molecule has 0 atom stereocenters. The van der Waals surface area contributed by atoms with E-state index in [1.165, 1.54) is 4.88 Å². The fraction of sp³-hybridized carbons (Fsp3) is 0.600. The molecular formula is C20H33N7OS. The normalized spacial score (nSPS) is 11.5. The van der Waals surface area contributed by atoms with Crippen molar-refractivity contribution in [2.24, 2.45) is 4.99 Å². The number of carbonyl (C=O) groups excluding carboxylic acids is 1. The van der Waals surface area contributed by atoms with Gasteiger partial charge in [0.15, 0.2) is 5.96 Å². The van der Waals surface area contributed by atoms with Crippen LogP contribution in [-0.4, -0.2) is 76.2 Å². The van der Waals surface area contributed by atoms with Gasteiger partial charge in [-0.15, -0.1) is 21.5 Å². The maximum Gasteiger partial charge on any atom is 0.242 e. The first-order chi connectivity index (χ1) is 14.1. The summed E-state index contributed by atoms with van der Waals surface area (Å²) in [7, 11) is 1.91. The SMILES string of the molecule is CCc1nncn1CCNC(=NCCc1cccs1)N(C)CC(=O)N(CC)CC. The van der Waals surface area contributed by atoms with Gasteiger partial charge in [0.25, 0.3) is 0 Å². The third-order valence-corrected chi connectivity index (χ3v) is 5.63. The van der Waals surface area contributed by atoms with Crippen molar-refractivity contribution in [3.05, 3.63) is 34.5 Å². The summed E-state index contributed by atoms with van der Waals surface area (Å²) in [6.07, 6.45) is 3.49. The summed E-state index contributed by atoms with van der Waals surface area (Å²) in [5.74, 6) is 1.82. The number of aryl methyl sites for hydroxylation is 1. The van der Waals surface area contributed by atoms with Crippen LogP contribution in [0.25, 0.3) is 0 Å². The quantitative estimate of drug-likeness (QED) is 0.444. The Morgan fingerprint density at radius 1 is 1.31 bits per heavy atom. The lowest BCUT2D eigenvalue weighted by atomic mass is 10.3. The molecule has 0 aromatic carbocycles. The number of aliphatic imine (C=N–C) groups is 1. The van der Waals surface area contributed by atoms with Crippen LogP contribution in [0.2, 0.25) is 0 Å². The number of hydrogen-bond donors (Lipinski definition) is 1. The average Bonchev–Trinajstić information content (AvgIpc) is 3.39. The van der Waals surface area contributed by atoms with Gasteiger partial charge in [0.2, 0.25) is 5.91 Å². The molecule has 0 fully saturated rings. The molecule has 0 aliphatic rings. The molecule has 0 bridgehead atoms. The molecule has 2 rings (SSSR count). The number of guanidine groups is 1. The van der Waals surface area contributed by atoms with Gasteiger partial charge in [-0.25, -0.2) is 0 Å². The van der Waals surface area contributed by atoms with Crippen LogP contribution in [0, 0.1) is 0 Å². The summed E-state index contributed by atoms with van der Waals surface area (Å²) in [6, 6.07) is 4.18. The van der Waals surface area contributed by atoms with Gasteiger partial charge in [0.05, 0.1) is 6.54 Å². The highest BCUT2D eigenvalue weighted by Crippen LogP contribution is 2.09. The summed E-state index contributed by atoms with van der Waals surface area (Å²) in [4.78, 5) is 22.3. The van der Waals surface area contributed by atoms with Crippen LogP contribution in [0.3, 0.4) is 0 Å². The lowest BCUT2D eigenvalue weighted by molar-refractivity contribution is -0.131. The van der Waals surface area contributed by atoms with E-state index in [0.717, 1.165) is 44.3 Å². The second-order valence-corrected chi connectivity index (χ2v) is 7.71. The molecule has 0 radical (unpaired) electrons. The Morgan fingerprint density at radius 3 is 2.76 bits per heavy atom. The highest BCUT2D eigenvalue weighted by Gasteiger charge is 2.15. The van der Waals surface area contributed by atoms with Crippen molar-refractivity contribution in [2.45, 2.75) is 40.2 Å². The number of nitrogens with one attached hydrogen (secondary N) is 1. The Kier molecular flexibility index (Phi) is 9.63. The second-order valence-electron chi connectivity index (χ2n) is 6.68. The van der Waals surface area contributed by atoms with Crippen LogP contribution in [-0.2, 0) is 24.2 Å². The Hall–Kier alpha value is -2.42. The summed E-state index contributed by atoms with van der Waals surface area (Å²) in [5, 5.41) is 13.6. The molecular weight excluding hydrogens is 386 g/mol. The van der Waals surface area contributed by atoms with E-state index in [4.69, 9.17) is 4.99 Å². The molecule has 29 heavy (non-hydrogen) atoms. The van der Waals surface area contributed by atoms with Crippen LogP contribution in [0.4, 0.5) is 0 Å². The van der Waals surface area contributed by atoms with Crippen LogP contribution in [0.1, 0.15) is 31.5 Å². The number of carbonyl (C=O) groups is 1. The topological polar surface area (TPSA) is 78.6 Å². The highest BCUT2D eigenvalue weighted by atomic mass is 32.1. The van der Waals surface area contributed by atoms with Crippen LogP contribution in [0.15, 0.2) is 28.8 Å². The summed E-state index contributed by atoms with van der Waals surface area (Å²) in [5.41, 5.74) is 0. The van der Waals surface area contributed by atoms with Gasteiger partial charge in [-0.2, -0.15) is 0 Å². The molecule has 8 nitrogen and oxygen atoms in total. The molecule has 9 heteroatoms. The van der Waals surface area contributed by atoms with E-state index in [-0.39, 0.29) is 5.91 Å². The summed E-state index contributed by atoms with van der Waals surface area (Å²) in [6.45, 7) is 9.92. The highest BCUT2D eigenvalue weighted by molar-refractivity contribution is 7.09. The fourth-order valence-corrected chi connectivity index (χ4v) is 3.72. The van der Waals surface area contributed by atoms with Crippen molar-refractivity contribution in [1.29, 1.82) is 0 Å². The Balaban J connectivity index is 1.98. The van der Waals surface area contributed by atoms with Gasteiger partial charge >= 0.3 is 0 Å². The molecule has 160 valence electrons. The average molecular weight is 420 g/mol. The number of aromatic nitrogens is 3. The molecule has 0 aliphatic carbocycles. The van der Waals surface area contributed by atoms with Gasteiger partial charge < -0.3 is 19.7 Å². The van der Waals surface area contributed by atoms with E-state index >= 15 is 0 Å². The van der Waals surface area contributed by atoms with Crippen molar-refractivity contribution < 1.29 is 4.79 Å². The third-order valence-electron chi connectivity index (χ3n) is 4.70. The van der Waals surface area contributed by atoms with Crippen molar-refractivity contribution in [2.75, 3.05) is 39.8 Å². The number of hydrogen-bond acceptors (Lipinski definition) is 5. The molecule has 2 aromatic rings. The van der Waals surface area contributed by atoms with Gasteiger partial charge in [-0.3, -0.25) is 9.79 Å². The second kappa shape index (κ2) is 12.2. The fourth-order valence-electron chi connectivity index (χ4n) is 3.02. The molecule has 0 unspecified atom stereocenters. The van der Waals surface area contributed by atoms with E-state index in [1.54, 1.807) is 17.7 Å². The first kappa shape index (κ1) is 22.9. The molecule has 1 N–H and O–H groups in total. The summed E-state index contributed by atoms with van der Waals surface area (Å²) >= 11 is 1.74. The minimum absolute atomic E-state index is 0.109. The smallest absolute Gasteiger partial charge is 0.242 e. The molecule has 2 heterocycles. The van der Waals surface area contributed by atoms with Crippen molar-refractivity contribution in [3.63, 3.8) is 0 Å². The van der Waals surface area contributed by atoms with Crippen LogP contribution >= 0.6 is 11.3 Å². The molecule has 1 amide bonds. The van der Waals surface area contributed by atoms with E-state index in [0.29, 0.717) is 19.6 Å². The zero-order chi connectivity index (χ0) is 21.1. The van der Waals surface area contributed by atoms with Gasteiger partial charge in [-0.1, -0.05) is 13.0 Å². The van der Waals surface area contributed by atoms with Gasteiger partial charge in [0.1, 0.15) is 12.2 Å². The van der Waals surface area contributed by atoms with Crippen molar-refractivity contribution in [1.82, 2.24) is 29.9 Å². The molecule has 0 saturated carbocycles. The molecule has 2 aromatic heterocycles. The van der Waals surface area contributed by atoms with E-state index in [1.807, 2.05) is 35.3 Å². The van der Waals surface area contributed by atoms with E-state index < -0.39 is 0 Å². The predicted octanol–water partition coefficient (Wildman–Crippen LogP) is 1.89. The Bertz CT molecular complexity index is 753. The Labute approximate surface area is 177 Å². The number of amides is 1. The number of thiophene rings is 1. The minimum Gasteiger partial charge on any atom is -0.354 e. The first-order valence-corrected chi connectivity index (χ1v) is 11.1. The van der Waals surface area contributed by atoms with Gasteiger partial charge in [-0.05, 0) is 25.3 Å². The van der Waals surface area contributed by atoms with Gasteiger partial charge in [0, 0.05) is 57.5 Å². The minimum atomic E-state index is 0.109. The van der Waals surface area contributed by atoms with Crippen molar-refractivity contribution >= 4 is 23.2 Å². The Morgan fingerprint density at radius 2 is 2.10 bits per heavy atom. The largest absolute Gasteiger partial charge is 0.354 e. The lowest BCUT2D eigenvalue weighted by Crippen LogP contribution is -2.46. The monoisotopic (exact) mass is 419 g/mol. The third kappa shape index (κ3) is 7.16. The number of rotatable bonds is 11. The zero-order valence-corrected chi connectivity index (χ0v) is 18.8. The van der Waals surface area contributed by atoms with Crippen LogP contribution < -0.4 is 5.32 Å². The predicted molar refractivity (Wildman–Crippen MR) is 118 cm³/mol.